The van der Waals surface area contributed by atoms with Gasteiger partial charge in [0.1, 0.15) is 0 Å². The summed E-state index contributed by atoms with van der Waals surface area (Å²) in [6.07, 6.45) is 7.05. The highest BCUT2D eigenvalue weighted by molar-refractivity contribution is 8.00. The quantitative estimate of drug-likeness (QED) is 0.817. The maximum Gasteiger partial charge on any atom is 0.175 e. The first-order chi connectivity index (χ1) is 8.86. The number of benzene rings is 1. The molecule has 0 heterocycles. The summed E-state index contributed by atoms with van der Waals surface area (Å²) in [5, 5.41) is 3.34. The van der Waals surface area contributed by atoms with Crippen molar-refractivity contribution < 1.29 is 8.42 Å². The Kier molecular flexibility index (Phi) is 4.01. The van der Waals surface area contributed by atoms with Crippen molar-refractivity contribution in [1.82, 2.24) is 0 Å². The van der Waals surface area contributed by atoms with E-state index in [9.17, 15) is 8.42 Å². The standard InChI is InChI=1S/C13H20N2O2S2/c1-18-13(6-3-7-13)9-15-12-5-4-10(8-11(12)14)19(2,16)17/h4-5,8,15H,3,6-7,9,14H2,1-2H3. The smallest absolute Gasteiger partial charge is 0.175 e. The van der Waals surface area contributed by atoms with E-state index in [1.165, 1.54) is 31.6 Å². The highest BCUT2D eigenvalue weighted by Crippen LogP contribution is 2.43. The fraction of sp³-hybridized carbons (Fsp3) is 0.538. The zero-order valence-corrected chi connectivity index (χ0v) is 12.9. The molecule has 2 rings (SSSR count). The molecule has 0 atom stereocenters. The first-order valence-corrected chi connectivity index (χ1v) is 9.37. The molecule has 1 aliphatic carbocycles. The van der Waals surface area contributed by atoms with Crippen LogP contribution in [0.25, 0.3) is 0 Å². The zero-order valence-electron chi connectivity index (χ0n) is 11.3. The van der Waals surface area contributed by atoms with Crippen LogP contribution in [-0.2, 0) is 9.84 Å². The third-order valence-electron chi connectivity index (χ3n) is 3.75. The van der Waals surface area contributed by atoms with Crippen molar-refractivity contribution in [3.05, 3.63) is 18.2 Å². The van der Waals surface area contributed by atoms with Gasteiger partial charge in [-0.2, -0.15) is 11.8 Å². The van der Waals surface area contributed by atoms with E-state index in [-0.39, 0.29) is 4.90 Å². The molecule has 3 N–H and O–H groups in total. The number of rotatable bonds is 5. The van der Waals surface area contributed by atoms with Crippen LogP contribution in [0, 0.1) is 0 Å². The molecule has 1 aliphatic rings. The highest BCUT2D eigenvalue weighted by atomic mass is 32.2. The van der Waals surface area contributed by atoms with Gasteiger partial charge in [0.25, 0.3) is 0 Å². The van der Waals surface area contributed by atoms with E-state index in [1.54, 1.807) is 12.1 Å². The van der Waals surface area contributed by atoms with E-state index in [0.717, 1.165) is 12.2 Å². The number of hydrogen-bond donors (Lipinski definition) is 2. The molecule has 0 spiro atoms. The molecule has 1 fully saturated rings. The Hall–Kier alpha value is -0.880. The largest absolute Gasteiger partial charge is 0.397 e. The van der Waals surface area contributed by atoms with Crippen LogP contribution in [0.5, 0.6) is 0 Å². The number of hydrogen-bond acceptors (Lipinski definition) is 5. The Morgan fingerprint density at radius 1 is 1.42 bits per heavy atom. The molecule has 0 bridgehead atoms. The van der Waals surface area contributed by atoms with E-state index in [4.69, 9.17) is 5.73 Å². The zero-order chi connectivity index (χ0) is 14.1. The molecule has 6 heteroatoms. The number of nitrogens with one attached hydrogen (secondary N) is 1. The molecule has 0 saturated heterocycles. The third kappa shape index (κ3) is 3.17. The Morgan fingerprint density at radius 2 is 2.11 bits per heavy atom. The lowest BCUT2D eigenvalue weighted by Crippen LogP contribution is -2.40. The van der Waals surface area contributed by atoms with Gasteiger partial charge in [-0.25, -0.2) is 8.42 Å². The highest BCUT2D eigenvalue weighted by Gasteiger charge is 2.35. The van der Waals surface area contributed by atoms with Crippen molar-refractivity contribution >= 4 is 33.0 Å². The second-order valence-electron chi connectivity index (χ2n) is 5.12. The number of thioether (sulfide) groups is 1. The predicted octanol–water partition coefficient (Wildman–Crippen LogP) is 2.37. The van der Waals surface area contributed by atoms with Gasteiger partial charge in [-0.15, -0.1) is 0 Å². The number of sulfone groups is 1. The van der Waals surface area contributed by atoms with Crippen molar-refractivity contribution in [1.29, 1.82) is 0 Å². The molecule has 4 nitrogen and oxygen atoms in total. The molecule has 1 aromatic rings. The molecule has 1 saturated carbocycles. The first kappa shape index (κ1) is 14.5. The SMILES string of the molecule is CSC1(CNc2ccc(S(C)(=O)=O)cc2N)CCC1. The van der Waals surface area contributed by atoms with Crippen molar-refractivity contribution in [3.8, 4) is 0 Å². The summed E-state index contributed by atoms with van der Waals surface area (Å²) in [6, 6.07) is 4.86. The molecule has 0 unspecified atom stereocenters. The van der Waals surface area contributed by atoms with Crippen molar-refractivity contribution in [2.24, 2.45) is 0 Å². The fourth-order valence-corrected chi connectivity index (χ4v) is 3.78. The van der Waals surface area contributed by atoms with E-state index >= 15 is 0 Å². The minimum atomic E-state index is -3.20. The second kappa shape index (κ2) is 5.25. The maximum absolute atomic E-state index is 11.4. The Bertz CT molecular complexity index is 560. The van der Waals surface area contributed by atoms with Gasteiger partial charge in [0.15, 0.2) is 9.84 Å². The summed E-state index contributed by atoms with van der Waals surface area (Å²) in [5.74, 6) is 0. The van der Waals surface area contributed by atoms with Gasteiger partial charge < -0.3 is 11.1 Å². The Balaban J connectivity index is 2.10. The summed E-state index contributed by atoms with van der Waals surface area (Å²) < 4.78 is 23.2. The van der Waals surface area contributed by atoms with Crippen LogP contribution >= 0.6 is 11.8 Å². The van der Waals surface area contributed by atoms with Gasteiger partial charge in [0.2, 0.25) is 0 Å². The van der Waals surface area contributed by atoms with Gasteiger partial charge in [-0.3, -0.25) is 0 Å². The van der Waals surface area contributed by atoms with Crippen LogP contribution in [0.3, 0.4) is 0 Å². The summed E-state index contributed by atoms with van der Waals surface area (Å²) >= 11 is 1.89. The van der Waals surface area contributed by atoms with Crippen molar-refractivity contribution in [2.75, 3.05) is 30.1 Å². The summed E-state index contributed by atoms with van der Waals surface area (Å²) in [6.45, 7) is 0.872. The van der Waals surface area contributed by atoms with Gasteiger partial charge in [0.05, 0.1) is 16.3 Å². The first-order valence-electron chi connectivity index (χ1n) is 6.25. The van der Waals surface area contributed by atoms with Gasteiger partial charge >= 0.3 is 0 Å². The molecular weight excluding hydrogens is 280 g/mol. The average molecular weight is 300 g/mol. The van der Waals surface area contributed by atoms with E-state index in [1.807, 2.05) is 11.8 Å². The maximum atomic E-state index is 11.4. The topological polar surface area (TPSA) is 72.2 Å². The van der Waals surface area contributed by atoms with Crippen LogP contribution in [0.4, 0.5) is 11.4 Å². The van der Waals surface area contributed by atoms with E-state index in [0.29, 0.717) is 10.4 Å². The molecule has 0 aromatic heterocycles. The van der Waals surface area contributed by atoms with Gasteiger partial charge in [-0.05, 0) is 37.3 Å². The molecule has 0 radical (unpaired) electrons. The van der Waals surface area contributed by atoms with Crippen molar-refractivity contribution in [2.45, 2.75) is 28.9 Å². The summed E-state index contributed by atoms with van der Waals surface area (Å²) in [7, 11) is -3.20. The van der Waals surface area contributed by atoms with Crippen molar-refractivity contribution in [3.63, 3.8) is 0 Å². The summed E-state index contributed by atoms with van der Waals surface area (Å²) in [5.41, 5.74) is 7.21. The minimum Gasteiger partial charge on any atom is -0.397 e. The monoisotopic (exact) mass is 300 g/mol. The lowest BCUT2D eigenvalue weighted by Gasteiger charge is -2.40. The molecule has 19 heavy (non-hydrogen) atoms. The minimum absolute atomic E-state index is 0.263. The van der Waals surface area contributed by atoms with E-state index in [2.05, 4.69) is 11.6 Å². The predicted molar refractivity (Wildman–Crippen MR) is 82.6 cm³/mol. The number of anilines is 2. The lowest BCUT2D eigenvalue weighted by atomic mass is 9.84. The van der Waals surface area contributed by atoms with Crippen LogP contribution in [-0.4, -0.2) is 32.2 Å². The normalized spacial score (nSPS) is 17.8. The Labute approximate surface area is 119 Å². The summed E-state index contributed by atoms with van der Waals surface area (Å²) in [4.78, 5) is 0.263. The average Bonchev–Trinajstić information content (AvgIpc) is 2.28. The van der Waals surface area contributed by atoms with Crippen LogP contribution in [0.1, 0.15) is 19.3 Å². The molecular formula is C13H20N2O2S2. The third-order valence-corrected chi connectivity index (χ3v) is 6.28. The fourth-order valence-electron chi connectivity index (χ4n) is 2.21. The second-order valence-corrected chi connectivity index (χ2v) is 8.41. The van der Waals surface area contributed by atoms with Gasteiger partial charge in [0, 0.05) is 17.5 Å². The van der Waals surface area contributed by atoms with Crippen LogP contribution < -0.4 is 11.1 Å². The van der Waals surface area contributed by atoms with Crippen LogP contribution in [0.2, 0.25) is 0 Å². The van der Waals surface area contributed by atoms with Gasteiger partial charge in [-0.1, -0.05) is 6.42 Å². The molecule has 0 aliphatic heterocycles. The number of nitrogen functional groups attached to an aromatic ring is 1. The molecule has 0 amide bonds. The lowest BCUT2D eigenvalue weighted by molar-refractivity contribution is 0.380. The number of nitrogens with two attached hydrogens (primary N) is 1. The molecule has 106 valence electrons. The van der Waals surface area contributed by atoms with Crippen LogP contribution in [0.15, 0.2) is 23.1 Å². The Morgan fingerprint density at radius 3 is 2.53 bits per heavy atom. The van der Waals surface area contributed by atoms with E-state index < -0.39 is 9.84 Å². The molecule has 1 aromatic carbocycles.